The average molecular weight is 726 g/mol. The maximum absolute atomic E-state index is 14.5. The molecule has 0 radical (unpaired) electrons. The van der Waals surface area contributed by atoms with Crippen molar-refractivity contribution >= 4 is 41.0 Å². The zero-order valence-corrected chi connectivity index (χ0v) is 30.8. The van der Waals surface area contributed by atoms with Crippen LogP contribution >= 0.6 is 0 Å². The number of nitrogens with two attached hydrogens (primary N) is 1. The highest BCUT2D eigenvalue weighted by Crippen LogP contribution is 2.40. The maximum Gasteiger partial charge on any atom is 0.306 e. The molecule has 0 aromatic heterocycles. The number of ether oxygens (including phenoxy) is 3. The Kier molecular flexibility index (Phi) is 15.1. The minimum atomic E-state index is -1.17. The number of nitrogens with zero attached hydrogens (tertiary/aromatic N) is 1. The third-order valence-corrected chi connectivity index (χ3v) is 10.3. The van der Waals surface area contributed by atoms with E-state index in [1.54, 1.807) is 30.3 Å². The van der Waals surface area contributed by atoms with E-state index in [-0.39, 0.29) is 63.0 Å². The van der Waals surface area contributed by atoms with Crippen LogP contribution in [0.15, 0.2) is 30.3 Å². The summed E-state index contributed by atoms with van der Waals surface area (Å²) in [6.07, 6.45) is 4.26. The maximum atomic E-state index is 14.5. The van der Waals surface area contributed by atoms with Crippen LogP contribution in [-0.4, -0.2) is 84.1 Å². The van der Waals surface area contributed by atoms with Gasteiger partial charge in [-0.05, 0) is 36.7 Å². The van der Waals surface area contributed by atoms with Crippen LogP contribution in [-0.2, 0) is 47.8 Å². The number of hydrogen-bond acceptors (Lipinski definition) is 10. The molecule has 0 bridgehead atoms. The molecular formula is C39H55N3O10. The number of rotatable bonds is 19. The summed E-state index contributed by atoms with van der Waals surface area (Å²) in [5.41, 5.74) is 5.97. The van der Waals surface area contributed by atoms with E-state index in [2.05, 4.69) is 5.32 Å². The molecule has 3 N–H and O–H groups in total. The van der Waals surface area contributed by atoms with Crippen molar-refractivity contribution in [1.29, 1.82) is 0 Å². The van der Waals surface area contributed by atoms with Crippen LogP contribution in [0.4, 0.5) is 0 Å². The van der Waals surface area contributed by atoms with Gasteiger partial charge in [-0.1, -0.05) is 76.8 Å². The molecule has 1 aromatic carbocycles. The number of amides is 3. The van der Waals surface area contributed by atoms with Gasteiger partial charge < -0.3 is 30.2 Å². The molecule has 3 fully saturated rings. The van der Waals surface area contributed by atoms with Crippen molar-refractivity contribution in [2.24, 2.45) is 29.4 Å². The number of Topliss-reactive ketones (excluding diaryl/α,β-unsaturated/α-hetero) is 3. The predicted molar refractivity (Wildman–Crippen MR) is 189 cm³/mol. The average Bonchev–Trinajstić information content (AvgIpc) is 3.77. The Labute approximate surface area is 306 Å². The van der Waals surface area contributed by atoms with E-state index in [9.17, 15) is 33.6 Å². The third-order valence-electron chi connectivity index (χ3n) is 10.3. The van der Waals surface area contributed by atoms with E-state index in [4.69, 9.17) is 19.9 Å². The molecule has 13 nitrogen and oxygen atoms in total. The first-order chi connectivity index (χ1) is 24.8. The van der Waals surface area contributed by atoms with Gasteiger partial charge in [-0.3, -0.25) is 33.6 Å². The minimum absolute atomic E-state index is 0.0161. The Morgan fingerprint density at radius 2 is 1.63 bits per heavy atom. The lowest BCUT2D eigenvalue weighted by Gasteiger charge is -2.34. The normalized spacial score (nSPS) is 20.3. The largest absolute Gasteiger partial charge is 0.465 e. The van der Waals surface area contributed by atoms with Crippen molar-refractivity contribution in [2.75, 3.05) is 26.4 Å². The number of carbonyl (C=O) groups excluding carboxylic acids is 7. The predicted octanol–water partition coefficient (Wildman–Crippen LogP) is 3.75. The Morgan fingerprint density at radius 1 is 0.962 bits per heavy atom. The van der Waals surface area contributed by atoms with Gasteiger partial charge in [-0.2, -0.15) is 0 Å². The Morgan fingerprint density at radius 3 is 2.25 bits per heavy atom. The van der Waals surface area contributed by atoms with Gasteiger partial charge in [0, 0.05) is 31.6 Å². The lowest BCUT2D eigenvalue weighted by Crippen LogP contribution is -2.47. The van der Waals surface area contributed by atoms with Crippen molar-refractivity contribution in [3.8, 4) is 0 Å². The molecule has 286 valence electrons. The smallest absolute Gasteiger partial charge is 0.306 e. The lowest BCUT2D eigenvalue weighted by molar-refractivity contribution is -0.158. The van der Waals surface area contributed by atoms with E-state index < -0.39 is 71.3 Å². The Bertz CT molecular complexity index is 1430. The summed E-state index contributed by atoms with van der Waals surface area (Å²) < 4.78 is 17.4. The summed E-state index contributed by atoms with van der Waals surface area (Å²) in [4.78, 5) is 94.3. The number of primary amides is 1. The quantitative estimate of drug-likeness (QED) is 0.157. The molecule has 52 heavy (non-hydrogen) atoms. The molecule has 13 heteroatoms. The molecule has 1 aromatic rings. The number of hydrogen-bond donors (Lipinski definition) is 2. The second-order valence-electron chi connectivity index (χ2n) is 14.8. The zero-order valence-electron chi connectivity index (χ0n) is 30.8. The van der Waals surface area contributed by atoms with E-state index >= 15 is 0 Å². The van der Waals surface area contributed by atoms with Crippen LogP contribution in [0.25, 0.3) is 0 Å². The summed E-state index contributed by atoms with van der Waals surface area (Å²) in [6, 6.07) is 6.36. The fourth-order valence-electron chi connectivity index (χ4n) is 7.60. The van der Waals surface area contributed by atoms with Crippen molar-refractivity contribution in [3.05, 3.63) is 35.9 Å². The number of nitrogens with one attached hydrogen (secondary N) is 1. The first-order valence-electron chi connectivity index (χ1n) is 18.8. The van der Waals surface area contributed by atoms with Gasteiger partial charge in [0.05, 0.1) is 44.7 Å². The summed E-state index contributed by atoms with van der Waals surface area (Å²) >= 11 is 0. The van der Waals surface area contributed by atoms with Crippen molar-refractivity contribution < 1.29 is 47.8 Å². The molecule has 1 unspecified atom stereocenters. The monoisotopic (exact) mass is 725 g/mol. The van der Waals surface area contributed by atoms with Crippen molar-refractivity contribution in [1.82, 2.24) is 10.2 Å². The first-order valence-corrected chi connectivity index (χ1v) is 18.8. The Hall–Kier alpha value is -3.97. The summed E-state index contributed by atoms with van der Waals surface area (Å²) in [5.74, 6) is -6.81. The van der Waals surface area contributed by atoms with Crippen LogP contribution in [0.2, 0.25) is 0 Å². The van der Waals surface area contributed by atoms with Gasteiger partial charge in [0.25, 0.3) is 0 Å². The minimum Gasteiger partial charge on any atom is -0.465 e. The second-order valence-corrected chi connectivity index (χ2v) is 14.8. The van der Waals surface area contributed by atoms with Gasteiger partial charge >= 0.3 is 5.97 Å². The van der Waals surface area contributed by atoms with Crippen LogP contribution in [0, 0.1) is 23.7 Å². The number of likely N-dealkylation sites (tertiary alicyclic amines) is 1. The number of carbonyl (C=O) groups is 7. The highest BCUT2D eigenvalue weighted by atomic mass is 16.7. The fourth-order valence-corrected chi connectivity index (χ4v) is 7.60. The van der Waals surface area contributed by atoms with Gasteiger partial charge in [0.15, 0.2) is 17.4 Å². The Balaban J connectivity index is 1.45. The lowest BCUT2D eigenvalue weighted by atomic mass is 9.77. The molecule has 2 aliphatic heterocycles. The third kappa shape index (κ3) is 11.0. The molecule has 3 aliphatic rings. The van der Waals surface area contributed by atoms with Gasteiger partial charge in [0.2, 0.25) is 23.5 Å². The summed E-state index contributed by atoms with van der Waals surface area (Å²) in [7, 11) is 0. The number of ketones is 3. The zero-order chi connectivity index (χ0) is 37.8. The van der Waals surface area contributed by atoms with E-state index in [1.165, 1.54) is 4.90 Å². The van der Waals surface area contributed by atoms with Gasteiger partial charge in [0.1, 0.15) is 6.04 Å². The van der Waals surface area contributed by atoms with E-state index in [0.717, 1.165) is 32.1 Å². The van der Waals surface area contributed by atoms with Crippen LogP contribution in [0.3, 0.4) is 0 Å². The molecule has 1 aliphatic carbocycles. The second kappa shape index (κ2) is 19.2. The highest BCUT2D eigenvalue weighted by Gasteiger charge is 2.54. The highest BCUT2D eigenvalue weighted by molar-refractivity contribution is 6.38. The summed E-state index contributed by atoms with van der Waals surface area (Å²) in [6.45, 7) is 6.59. The standard InChI is InChI=1S/C39H55N3O10/c1-4-11-28(36(47)31(43)16-17-33(45)41-35(37(40)48)27-14-9-6-10-15-27)20-32(44)30-22-39(51-18-19-52-39)24-42(30)38(49)29(26-12-7-5-8-13-26)21-34(46)50-23-25(2)3/h6,9-10,14-15,25-26,28-30,35H,4-5,7-8,11-13,16-24H2,1-3H3,(H2,40,48)(H,41,45)/t28?,29-,30-,35-/m0/s1. The molecule has 1 spiro atoms. The van der Waals surface area contributed by atoms with Gasteiger partial charge in [-0.25, -0.2) is 0 Å². The topological polar surface area (TPSA) is 188 Å². The van der Waals surface area contributed by atoms with Crippen molar-refractivity contribution in [2.45, 2.75) is 116 Å². The molecular weight excluding hydrogens is 670 g/mol. The fraction of sp³-hybridized carbons (Fsp3) is 0.667. The SMILES string of the molecule is CCCC(CC(=O)[C@@H]1CC2(CN1C(=O)[C@@H](CC(=O)OCC(C)C)C1CCCCC1)OCCO2)C(=O)C(=O)CCC(=O)N[C@H](C(N)=O)c1ccccc1. The summed E-state index contributed by atoms with van der Waals surface area (Å²) in [5, 5.41) is 2.52. The first kappa shape index (κ1) is 40.8. The van der Waals surface area contributed by atoms with Crippen LogP contribution in [0.5, 0.6) is 0 Å². The van der Waals surface area contributed by atoms with Crippen LogP contribution < -0.4 is 11.1 Å². The number of esters is 1. The molecule has 4 atom stereocenters. The van der Waals surface area contributed by atoms with Crippen LogP contribution in [0.1, 0.15) is 109 Å². The van der Waals surface area contributed by atoms with E-state index in [0.29, 0.717) is 25.2 Å². The molecule has 2 saturated heterocycles. The molecule has 3 amide bonds. The molecule has 2 heterocycles. The molecule has 1 saturated carbocycles. The van der Waals surface area contributed by atoms with Crippen molar-refractivity contribution in [3.63, 3.8) is 0 Å². The number of benzene rings is 1. The molecule has 4 rings (SSSR count). The van der Waals surface area contributed by atoms with E-state index in [1.807, 2.05) is 20.8 Å². The van der Waals surface area contributed by atoms with Gasteiger partial charge in [-0.15, -0.1) is 0 Å².